The van der Waals surface area contributed by atoms with Crippen LogP contribution in [0.5, 0.6) is 0 Å². The van der Waals surface area contributed by atoms with Crippen molar-refractivity contribution in [3.05, 3.63) is 75.8 Å². The van der Waals surface area contributed by atoms with Gasteiger partial charge in [0.2, 0.25) is 5.13 Å². The molecule has 0 aliphatic heterocycles. The highest BCUT2D eigenvalue weighted by Crippen LogP contribution is 2.37. The van der Waals surface area contributed by atoms with Gasteiger partial charge in [-0.25, -0.2) is 0 Å². The summed E-state index contributed by atoms with van der Waals surface area (Å²) in [5, 5.41) is 13.7. The fourth-order valence-electron chi connectivity index (χ4n) is 2.96. The van der Waals surface area contributed by atoms with Crippen molar-refractivity contribution in [3.8, 4) is 0 Å². The average molecular weight is 293 g/mol. The lowest BCUT2D eigenvalue weighted by molar-refractivity contribution is 0.851. The number of nitrogens with one attached hydrogen (secondary N) is 1. The van der Waals surface area contributed by atoms with Gasteiger partial charge in [0, 0.05) is 0 Å². The third-order valence-electron chi connectivity index (χ3n) is 3.91. The molecule has 0 spiro atoms. The molecule has 1 aliphatic rings. The second kappa shape index (κ2) is 4.97. The minimum absolute atomic E-state index is 0.151. The summed E-state index contributed by atoms with van der Waals surface area (Å²) in [4.78, 5) is 0. The van der Waals surface area contributed by atoms with E-state index in [-0.39, 0.29) is 6.04 Å². The molecule has 3 aromatic rings. The van der Waals surface area contributed by atoms with Crippen molar-refractivity contribution in [2.24, 2.45) is 0 Å². The molecule has 2 aromatic carbocycles. The Labute approximate surface area is 127 Å². The standard InChI is InChI=1S/C17H15N3S/c1-11-19-20-17(21-11)18-16-14-8-4-2-6-12(14)10-13-7-3-5-9-15(13)16/h2-9,16H,10H2,1H3,(H,18,20). The van der Waals surface area contributed by atoms with Crippen LogP contribution in [0.2, 0.25) is 0 Å². The maximum absolute atomic E-state index is 4.21. The average Bonchev–Trinajstić information content (AvgIpc) is 2.92. The Hall–Kier alpha value is -2.20. The number of anilines is 1. The Morgan fingerprint density at radius 2 is 1.57 bits per heavy atom. The zero-order valence-electron chi connectivity index (χ0n) is 11.7. The molecule has 21 heavy (non-hydrogen) atoms. The molecule has 3 nitrogen and oxygen atoms in total. The summed E-state index contributed by atoms with van der Waals surface area (Å²) in [6.07, 6.45) is 1.000. The number of rotatable bonds is 2. The first kappa shape index (κ1) is 12.5. The van der Waals surface area contributed by atoms with E-state index in [9.17, 15) is 0 Å². The van der Waals surface area contributed by atoms with E-state index in [1.165, 1.54) is 22.3 Å². The summed E-state index contributed by atoms with van der Waals surface area (Å²) in [6, 6.07) is 17.4. The number of nitrogens with zero attached hydrogens (tertiary/aromatic N) is 2. The van der Waals surface area contributed by atoms with Crippen LogP contribution in [-0.4, -0.2) is 10.2 Å². The summed E-state index contributed by atoms with van der Waals surface area (Å²) >= 11 is 1.60. The Morgan fingerprint density at radius 1 is 0.952 bits per heavy atom. The number of aromatic nitrogens is 2. The van der Waals surface area contributed by atoms with Gasteiger partial charge in [-0.05, 0) is 35.6 Å². The summed E-state index contributed by atoms with van der Waals surface area (Å²) in [6.45, 7) is 1.98. The van der Waals surface area contributed by atoms with Crippen molar-refractivity contribution < 1.29 is 0 Å². The SMILES string of the molecule is Cc1nnc(NC2c3ccccc3Cc3ccccc32)s1. The maximum atomic E-state index is 4.21. The normalized spacial score (nSPS) is 13.6. The van der Waals surface area contributed by atoms with Crippen molar-refractivity contribution in [1.29, 1.82) is 0 Å². The molecule has 0 bridgehead atoms. The molecule has 1 N–H and O–H groups in total. The van der Waals surface area contributed by atoms with E-state index in [0.29, 0.717) is 0 Å². The van der Waals surface area contributed by atoms with Crippen LogP contribution in [0.25, 0.3) is 0 Å². The van der Waals surface area contributed by atoms with Gasteiger partial charge < -0.3 is 5.32 Å². The van der Waals surface area contributed by atoms with E-state index in [2.05, 4.69) is 64.0 Å². The van der Waals surface area contributed by atoms with Gasteiger partial charge in [0.15, 0.2) is 0 Å². The summed E-state index contributed by atoms with van der Waals surface area (Å²) < 4.78 is 0. The van der Waals surface area contributed by atoms with Crippen LogP contribution >= 0.6 is 11.3 Å². The number of aryl methyl sites for hydroxylation is 1. The lowest BCUT2D eigenvalue weighted by atomic mass is 9.82. The minimum atomic E-state index is 0.151. The van der Waals surface area contributed by atoms with E-state index in [1.807, 2.05) is 6.92 Å². The van der Waals surface area contributed by atoms with Crippen LogP contribution in [0.15, 0.2) is 48.5 Å². The molecule has 0 radical (unpaired) electrons. The Balaban J connectivity index is 1.81. The Morgan fingerprint density at radius 3 is 2.14 bits per heavy atom. The highest BCUT2D eigenvalue weighted by molar-refractivity contribution is 7.15. The van der Waals surface area contributed by atoms with Gasteiger partial charge in [-0.15, -0.1) is 10.2 Å². The predicted molar refractivity (Wildman–Crippen MR) is 85.8 cm³/mol. The molecule has 0 saturated heterocycles. The predicted octanol–water partition coefficient (Wildman–Crippen LogP) is 3.95. The number of hydrogen-bond acceptors (Lipinski definition) is 4. The molecule has 4 heteroatoms. The van der Waals surface area contributed by atoms with Crippen molar-refractivity contribution in [2.45, 2.75) is 19.4 Å². The Kier molecular flexibility index (Phi) is 2.97. The monoisotopic (exact) mass is 293 g/mol. The molecule has 0 unspecified atom stereocenters. The molecule has 104 valence electrons. The number of hydrogen-bond donors (Lipinski definition) is 1. The zero-order valence-corrected chi connectivity index (χ0v) is 12.5. The largest absolute Gasteiger partial charge is 0.349 e. The van der Waals surface area contributed by atoms with Gasteiger partial charge in [0.25, 0.3) is 0 Å². The Bertz CT molecular complexity index is 748. The van der Waals surface area contributed by atoms with Crippen molar-refractivity contribution in [1.82, 2.24) is 10.2 Å². The van der Waals surface area contributed by atoms with Crippen LogP contribution in [0.3, 0.4) is 0 Å². The first-order valence-electron chi connectivity index (χ1n) is 7.03. The molecule has 0 saturated carbocycles. The quantitative estimate of drug-likeness (QED) is 0.777. The van der Waals surface area contributed by atoms with Crippen LogP contribution in [0.4, 0.5) is 5.13 Å². The van der Waals surface area contributed by atoms with Crippen LogP contribution in [0, 0.1) is 6.92 Å². The van der Waals surface area contributed by atoms with E-state index < -0.39 is 0 Å². The van der Waals surface area contributed by atoms with Gasteiger partial charge >= 0.3 is 0 Å². The number of benzene rings is 2. The van der Waals surface area contributed by atoms with Gasteiger partial charge in [-0.2, -0.15) is 0 Å². The van der Waals surface area contributed by atoms with E-state index in [0.717, 1.165) is 16.6 Å². The molecule has 1 heterocycles. The van der Waals surface area contributed by atoms with Gasteiger partial charge in [0.1, 0.15) is 5.01 Å². The first-order chi connectivity index (χ1) is 10.3. The van der Waals surface area contributed by atoms with Gasteiger partial charge in [-0.1, -0.05) is 59.9 Å². The fourth-order valence-corrected chi connectivity index (χ4v) is 3.58. The van der Waals surface area contributed by atoms with E-state index >= 15 is 0 Å². The summed E-state index contributed by atoms with van der Waals surface area (Å²) in [7, 11) is 0. The van der Waals surface area contributed by atoms with E-state index in [1.54, 1.807) is 11.3 Å². The fraction of sp³-hybridized carbons (Fsp3) is 0.176. The van der Waals surface area contributed by atoms with Crippen LogP contribution in [-0.2, 0) is 6.42 Å². The second-order valence-corrected chi connectivity index (χ2v) is 6.46. The molecule has 1 aliphatic carbocycles. The lowest BCUT2D eigenvalue weighted by Crippen LogP contribution is -2.20. The smallest absolute Gasteiger partial charge is 0.206 e. The molecule has 0 amide bonds. The summed E-state index contributed by atoms with van der Waals surface area (Å²) in [5.41, 5.74) is 5.44. The third-order valence-corrected chi connectivity index (χ3v) is 4.68. The lowest BCUT2D eigenvalue weighted by Gasteiger charge is -2.28. The van der Waals surface area contributed by atoms with Crippen molar-refractivity contribution >= 4 is 16.5 Å². The first-order valence-corrected chi connectivity index (χ1v) is 7.85. The molecule has 0 fully saturated rings. The summed E-state index contributed by atoms with van der Waals surface area (Å²) in [5.74, 6) is 0. The number of fused-ring (bicyclic) bond motifs is 2. The van der Waals surface area contributed by atoms with Crippen molar-refractivity contribution in [3.63, 3.8) is 0 Å². The highest BCUT2D eigenvalue weighted by atomic mass is 32.1. The minimum Gasteiger partial charge on any atom is -0.349 e. The molecule has 0 atom stereocenters. The zero-order chi connectivity index (χ0) is 14.2. The highest BCUT2D eigenvalue weighted by Gasteiger charge is 2.25. The van der Waals surface area contributed by atoms with Crippen LogP contribution < -0.4 is 5.32 Å². The molecular weight excluding hydrogens is 278 g/mol. The molecule has 1 aromatic heterocycles. The second-order valence-electron chi connectivity index (χ2n) is 5.28. The maximum Gasteiger partial charge on any atom is 0.206 e. The van der Waals surface area contributed by atoms with E-state index in [4.69, 9.17) is 0 Å². The van der Waals surface area contributed by atoms with Gasteiger partial charge in [-0.3, -0.25) is 0 Å². The third kappa shape index (κ3) is 2.21. The van der Waals surface area contributed by atoms with Gasteiger partial charge in [0.05, 0.1) is 6.04 Å². The van der Waals surface area contributed by atoms with Crippen LogP contribution in [0.1, 0.15) is 33.3 Å². The van der Waals surface area contributed by atoms with Crippen molar-refractivity contribution in [2.75, 3.05) is 5.32 Å². The topological polar surface area (TPSA) is 37.8 Å². The molecule has 4 rings (SSSR count). The molecular formula is C17H15N3S.